The number of ether oxygens (including phenoxy) is 1. The fourth-order valence-electron chi connectivity index (χ4n) is 2.93. The summed E-state index contributed by atoms with van der Waals surface area (Å²) in [6.45, 7) is 1.75. The van der Waals surface area contributed by atoms with Gasteiger partial charge in [0.2, 0.25) is 0 Å². The highest BCUT2D eigenvalue weighted by atomic mass is 35.5. The van der Waals surface area contributed by atoms with Crippen molar-refractivity contribution in [3.8, 4) is 5.75 Å². The maximum absolute atomic E-state index is 12.3. The van der Waals surface area contributed by atoms with Crippen LogP contribution in [0.4, 0.5) is 4.79 Å². The van der Waals surface area contributed by atoms with Gasteiger partial charge in [0.15, 0.2) is 0 Å². The van der Waals surface area contributed by atoms with E-state index in [2.05, 4.69) is 11.4 Å². The van der Waals surface area contributed by atoms with E-state index in [0.29, 0.717) is 30.6 Å². The summed E-state index contributed by atoms with van der Waals surface area (Å²) >= 11 is 5.98. The van der Waals surface area contributed by atoms with Gasteiger partial charge in [-0.1, -0.05) is 29.8 Å². The predicted molar refractivity (Wildman–Crippen MR) is 94.4 cm³/mol. The minimum atomic E-state index is -0.0915. The van der Waals surface area contributed by atoms with E-state index in [1.54, 1.807) is 11.9 Å². The van der Waals surface area contributed by atoms with Crippen molar-refractivity contribution in [1.82, 2.24) is 14.8 Å². The fraction of sp³-hybridized carbons (Fsp3) is 0.389. The molecule has 1 aliphatic heterocycles. The Kier molecular flexibility index (Phi) is 5.00. The monoisotopic (exact) mass is 347 g/mol. The number of fused-ring (bicyclic) bond motifs is 1. The third-order valence-corrected chi connectivity index (χ3v) is 4.52. The highest BCUT2D eigenvalue weighted by Gasteiger charge is 2.20. The summed E-state index contributed by atoms with van der Waals surface area (Å²) in [4.78, 5) is 13.9. The smallest absolute Gasteiger partial charge is 0.317 e. The van der Waals surface area contributed by atoms with Gasteiger partial charge in [-0.25, -0.2) is 4.79 Å². The number of nitrogens with one attached hydrogen (secondary N) is 1. The van der Waals surface area contributed by atoms with E-state index >= 15 is 0 Å². The lowest BCUT2D eigenvalue weighted by molar-refractivity contribution is 0.192. The Morgan fingerprint density at radius 2 is 2.25 bits per heavy atom. The van der Waals surface area contributed by atoms with Crippen LogP contribution in [0.15, 0.2) is 36.5 Å². The lowest BCUT2D eigenvalue weighted by Gasteiger charge is -2.26. The van der Waals surface area contributed by atoms with Gasteiger partial charge in [0.05, 0.1) is 18.2 Å². The van der Waals surface area contributed by atoms with Gasteiger partial charge >= 0.3 is 6.03 Å². The van der Waals surface area contributed by atoms with Gasteiger partial charge in [0, 0.05) is 38.4 Å². The molecule has 6 heteroatoms. The average molecular weight is 348 g/mol. The van der Waals surface area contributed by atoms with E-state index in [1.165, 1.54) is 5.56 Å². The van der Waals surface area contributed by atoms with Gasteiger partial charge in [-0.05, 0) is 24.1 Å². The molecule has 1 N–H and O–H groups in total. The number of benzene rings is 1. The van der Waals surface area contributed by atoms with Crippen molar-refractivity contribution < 1.29 is 9.53 Å². The minimum absolute atomic E-state index is 0.0915. The molecule has 1 aliphatic rings. The topological polar surface area (TPSA) is 46.5 Å². The molecule has 0 radical (unpaired) electrons. The van der Waals surface area contributed by atoms with Crippen molar-refractivity contribution in [3.05, 3.63) is 52.8 Å². The van der Waals surface area contributed by atoms with Crippen LogP contribution in [0.1, 0.15) is 11.3 Å². The molecule has 0 spiro atoms. The maximum Gasteiger partial charge on any atom is 0.317 e. The van der Waals surface area contributed by atoms with Crippen LogP contribution >= 0.6 is 11.6 Å². The van der Waals surface area contributed by atoms with E-state index in [-0.39, 0.29) is 6.03 Å². The van der Waals surface area contributed by atoms with E-state index < -0.39 is 0 Å². The van der Waals surface area contributed by atoms with Crippen LogP contribution in [0.5, 0.6) is 5.75 Å². The Bertz CT molecular complexity index is 729. The summed E-state index contributed by atoms with van der Waals surface area (Å²) in [6.07, 6.45) is 2.76. The van der Waals surface area contributed by atoms with Crippen molar-refractivity contribution in [2.24, 2.45) is 13.0 Å². The van der Waals surface area contributed by atoms with Gasteiger partial charge in [-0.3, -0.25) is 0 Å². The first-order valence-corrected chi connectivity index (χ1v) is 8.41. The van der Waals surface area contributed by atoms with Crippen LogP contribution in [-0.2, 0) is 20.0 Å². The Morgan fingerprint density at radius 1 is 1.46 bits per heavy atom. The van der Waals surface area contributed by atoms with Crippen LogP contribution < -0.4 is 10.1 Å². The number of hydrogen-bond acceptors (Lipinski definition) is 2. The van der Waals surface area contributed by atoms with Gasteiger partial charge < -0.3 is 19.5 Å². The summed E-state index contributed by atoms with van der Waals surface area (Å²) < 4.78 is 7.69. The van der Waals surface area contributed by atoms with Crippen LogP contribution in [0.2, 0.25) is 5.02 Å². The first-order valence-electron chi connectivity index (χ1n) is 8.03. The highest BCUT2D eigenvalue weighted by molar-refractivity contribution is 6.30. The molecule has 2 aromatic rings. The molecule has 128 valence electrons. The van der Waals surface area contributed by atoms with Crippen molar-refractivity contribution in [1.29, 1.82) is 0 Å². The number of aryl methyl sites for hydroxylation is 1. The van der Waals surface area contributed by atoms with Crippen LogP contribution in [0, 0.1) is 5.92 Å². The summed E-state index contributed by atoms with van der Waals surface area (Å²) in [6, 6.07) is 9.84. The third kappa shape index (κ3) is 3.85. The minimum Gasteiger partial charge on any atom is -0.493 e. The second-order valence-electron chi connectivity index (χ2n) is 6.29. The summed E-state index contributed by atoms with van der Waals surface area (Å²) in [7, 11) is 3.70. The van der Waals surface area contributed by atoms with Crippen LogP contribution in [0.25, 0.3) is 0 Å². The number of amides is 2. The summed E-state index contributed by atoms with van der Waals surface area (Å²) in [5.74, 6) is 1.25. The average Bonchev–Trinajstić information content (AvgIpc) is 2.89. The Balaban J connectivity index is 1.50. The van der Waals surface area contributed by atoms with E-state index in [4.69, 9.17) is 16.3 Å². The highest BCUT2D eigenvalue weighted by Crippen LogP contribution is 2.26. The fourth-order valence-corrected chi connectivity index (χ4v) is 3.20. The van der Waals surface area contributed by atoms with Crippen molar-refractivity contribution in [2.45, 2.75) is 13.0 Å². The molecule has 1 aromatic heterocycles. The number of carbonyl (C=O) groups excluding carboxylic acids is 1. The van der Waals surface area contributed by atoms with Gasteiger partial charge in [-0.15, -0.1) is 0 Å². The maximum atomic E-state index is 12.3. The summed E-state index contributed by atoms with van der Waals surface area (Å²) in [5, 5.41) is 3.67. The molecule has 5 nitrogen and oxygen atoms in total. The predicted octanol–water partition coefficient (Wildman–Crippen LogP) is 3.07. The number of urea groups is 1. The molecule has 0 aliphatic carbocycles. The third-order valence-electron chi connectivity index (χ3n) is 4.32. The number of hydrogen-bond donors (Lipinski definition) is 1. The second-order valence-corrected chi connectivity index (χ2v) is 6.73. The van der Waals surface area contributed by atoms with Gasteiger partial charge in [0.1, 0.15) is 5.75 Å². The van der Waals surface area contributed by atoms with Crippen LogP contribution in [-0.4, -0.2) is 35.7 Å². The van der Waals surface area contributed by atoms with Crippen LogP contribution in [0.3, 0.4) is 0 Å². The molecule has 24 heavy (non-hydrogen) atoms. The molecule has 3 rings (SSSR count). The second kappa shape index (κ2) is 7.18. The first-order chi connectivity index (χ1) is 11.5. The number of para-hydroxylation sites is 1. The molecular weight excluding hydrogens is 326 g/mol. The van der Waals surface area contributed by atoms with Crippen molar-refractivity contribution >= 4 is 17.6 Å². The molecule has 2 amide bonds. The van der Waals surface area contributed by atoms with Crippen molar-refractivity contribution in [3.63, 3.8) is 0 Å². The van der Waals surface area contributed by atoms with Gasteiger partial charge in [0.25, 0.3) is 0 Å². The van der Waals surface area contributed by atoms with E-state index in [0.717, 1.165) is 17.9 Å². The standard InChI is InChI=1S/C18H22ClN3O2/c1-21-10-15(19)8-16(21)11-22(2)18(23)20-9-13-7-14-5-3-4-6-17(14)24-12-13/h3-6,8,10,13H,7,9,11-12H2,1-2H3,(H,20,23). The van der Waals surface area contributed by atoms with Gasteiger partial charge in [-0.2, -0.15) is 0 Å². The molecule has 1 atom stereocenters. The molecule has 0 saturated carbocycles. The lowest BCUT2D eigenvalue weighted by atomic mass is 9.97. The molecule has 0 bridgehead atoms. The molecule has 2 heterocycles. The number of nitrogens with zero attached hydrogens (tertiary/aromatic N) is 2. The Labute approximate surface area is 147 Å². The molecule has 0 fully saturated rings. The molecule has 1 aromatic carbocycles. The molecular formula is C18H22ClN3O2. The Hall–Kier alpha value is -2.14. The number of rotatable bonds is 4. The Morgan fingerprint density at radius 3 is 3.00 bits per heavy atom. The van der Waals surface area contributed by atoms with Crippen molar-refractivity contribution in [2.75, 3.05) is 20.2 Å². The first kappa shape index (κ1) is 16.7. The zero-order chi connectivity index (χ0) is 17.1. The zero-order valence-corrected chi connectivity index (χ0v) is 14.7. The SMILES string of the molecule is CN(Cc1cc(Cl)cn1C)C(=O)NCC1COc2ccccc2C1. The van der Waals surface area contributed by atoms with E-state index in [1.807, 2.05) is 42.1 Å². The number of carbonyl (C=O) groups is 1. The molecule has 0 saturated heterocycles. The lowest BCUT2D eigenvalue weighted by Crippen LogP contribution is -2.41. The normalized spacial score (nSPS) is 16.2. The molecule has 1 unspecified atom stereocenters. The number of halogens is 1. The number of aromatic nitrogens is 1. The van der Waals surface area contributed by atoms with E-state index in [9.17, 15) is 4.79 Å². The summed E-state index contributed by atoms with van der Waals surface area (Å²) in [5.41, 5.74) is 2.20. The quantitative estimate of drug-likeness (QED) is 0.924. The largest absolute Gasteiger partial charge is 0.493 e. The zero-order valence-electron chi connectivity index (χ0n) is 14.0.